The van der Waals surface area contributed by atoms with Crippen LogP contribution < -0.4 is 4.74 Å². The van der Waals surface area contributed by atoms with Crippen molar-refractivity contribution >= 4 is 21.9 Å². The summed E-state index contributed by atoms with van der Waals surface area (Å²) in [6, 6.07) is 18.4. The third kappa shape index (κ3) is 8.30. The molecule has 0 heterocycles. The molecule has 3 aromatic rings. The molecule has 34 heavy (non-hydrogen) atoms. The molecular formula is C29H35BrO4. The number of aliphatic hydroxyl groups is 1. The molecule has 1 N–H and O–H groups in total. The molecule has 3 rings (SSSR count). The standard InChI is InChI=1S/C25H25BrO3.C4H10O/c1-16-9-11-19(12-10-16)25-17(2)13-23(18(3)21(25)14-24(27)28-4)29-15-20-7-5-6-8-22(20)26;1-4(2,3)5/h5-13H,14-15H2,1-4H3;5H,1-3H3. The zero-order valence-electron chi connectivity index (χ0n) is 21.2. The van der Waals surface area contributed by atoms with Crippen LogP contribution in [0.2, 0.25) is 0 Å². The molecule has 182 valence electrons. The Morgan fingerprint density at radius 3 is 2.15 bits per heavy atom. The second-order valence-corrected chi connectivity index (χ2v) is 10.2. The average Bonchev–Trinajstić information content (AvgIpc) is 2.76. The van der Waals surface area contributed by atoms with Crippen LogP contribution in [-0.4, -0.2) is 23.8 Å². The summed E-state index contributed by atoms with van der Waals surface area (Å²) in [4.78, 5) is 12.1. The summed E-state index contributed by atoms with van der Waals surface area (Å²) in [6.45, 7) is 11.8. The van der Waals surface area contributed by atoms with Crippen LogP contribution >= 0.6 is 15.9 Å². The van der Waals surface area contributed by atoms with Crippen molar-refractivity contribution in [1.82, 2.24) is 0 Å². The van der Waals surface area contributed by atoms with E-state index in [1.54, 1.807) is 20.8 Å². The van der Waals surface area contributed by atoms with Crippen LogP contribution in [0, 0.1) is 20.8 Å². The molecule has 0 saturated carbocycles. The molecule has 0 atom stereocenters. The molecule has 0 radical (unpaired) electrons. The van der Waals surface area contributed by atoms with Gasteiger partial charge in [0.05, 0.1) is 19.1 Å². The van der Waals surface area contributed by atoms with Crippen LogP contribution in [0.5, 0.6) is 5.75 Å². The first kappa shape index (κ1) is 27.6. The minimum absolute atomic E-state index is 0.207. The summed E-state index contributed by atoms with van der Waals surface area (Å²) in [6.07, 6.45) is 0.207. The predicted molar refractivity (Wildman–Crippen MR) is 142 cm³/mol. The van der Waals surface area contributed by atoms with Gasteiger partial charge in [-0.25, -0.2) is 0 Å². The number of aryl methyl sites for hydroxylation is 2. The molecule has 0 aromatic heterocycles. The van der Waals surface area contributed by atoms with Gasteiger partial charge >= 0.3 is 5.97 Å². The largest absolute Gasteiger partial charge is 0.489 e. The van der Waals surface area contributed by atoms with E-state index in [9.17, 15) is 4.79 Å². The molecular weight excluding hydrogens is 492 g/mol. The third-order valence-electron chi connectivity index (χ3n) is 5.10. The highest BCUT2D eigenvalue weighted by Crippen LogP contribution is 2.36. The molecule has 0 fully saturated rings. The van der Waals surface area contributed by atoms with E-state index >= 15 is 0 Å². The molecule has 0 bridgehead atoms. The lowest BCUT2D eigenvalue weighted by atomic mass is 9.89. The maximum absolute atomic E-state index is 12.1. The summed E-state index contributed by atoms with van der Waals surface area (Å²) in [5.74, 6) is 0.525. The fraction of sp³-hybridized carbons (Fsp3) is 0.345. The molecule has 0 unspecified atom stereocenters. The number of methoxy groups -OCH3 is 1. The van der Waals surface area contributed by atoms with Gasteiger partial charge in [0, 0.05) is 10.0 Å². The Bertz CT molecular complexity index is 1110. The van der Waals surface area contributed by atoms with E-state index in [2.05, 4.69) is 60.1 Å². The van der Waals surface area contributed by atoms with Gasteiger partial charge in [-0.1, -0.05) is 64.0 Å². The molecule has 5 heteroatoms. The van der Waals surface area contributed by atoms with Crippen LogP contribution in [0.25, 0.3) is 11.1 Å². The zero-order chi connectivity index (χ0) is 25.5. The van der Waals surface area contributed by atoms with Crippen molar-refractivity contribution in [2.45, 2.75) is 60.2 Å². The number of benzene rings is 3. The molecule has 0 aliphatic carbocycles. The summed E-state index contributed by atoms with van der Waals surface area (Å²) in [7, 11) is 1.42. The van der Waals surface area contributed by atoms with Crippen molar-refractivity contribution in [3.8, 4) is 16.9 Å². The minimum atomic E-state index is -0.500. The first-order valence-electron chi connectivity index (χ1n) is 11.3. The van der Waals surface area contributed by atoms with E-state index in [4.69, 9.17) is 14.6 Å². The van der Waals surface area contributed by atoms with Crippen molar-refractivity contribution in [3.63, 3.8) is 0 Å². The van der Waals surface area contributed by atoms with E-state index in [1.165, 1.54) is 12.7 Å². The minimum Gasteiger partial charge on any atom is -0.489 e. The van der Waals surface area contributed by atoms with E-state index in [0.29, 0.717) is 6.61 Å². The van der Waals surface area contributed by atoms with Gasteiger partial charge in [-0.05, 0) is 81.5 Å². The lowest BCUT2D eigenvalue weighted by molar-refractivity contribution is -0.139. The number of ether oxygens (including phenoxy) is 2. The van der Waals surface area contributed by atoms with Crippen LogP contribution in [0.3, 0.4) is 0 Å². The smallest absolute Gasteiger partial charge is 0.310 e. The molecule has 0 amide bonds. The Kier molecular flexibility index (Phi) is 9.90. The van der Waals surface area contributed by atoms with Crippen molar-refractivity contribution in [1.29, 1.82) is 0 Å². The average molecular weight is 527 g/mol. The summed E-state index contributed by atoms with van der Waals surface area (Å²) >= 11 is 3.57. The molecule has 0 saturated heterocycles. The van der Waals surface area contributed by atoms with Gasteiger partial charge < -0.3 is 14.6 Å². The molecule has 0 spiro atoms. The number of rotatable bonds is 6. The lowest BCUT2D eigenvalue weighted by Crippen LogP contribution is -2.10. The van der Waals surface area contributed by atoms with Crippen molar-refractivity contribution in [3.05, 3.63) is 86.9 Å². The fourth-order valence-electron chi connectivity index (χ4n) is 3.43. The Hall–Kier alpha value is -2.63. The Balaban J connectivity index is 0.000000739. The second kappa shape index (κ2) is 12.2. The third-order valence-corrected chi connectivity index (χ3v) is 5.87. The van der Waals surface area contributed by atoms with Gasteiger partial charge in [0.25, 0.3) is 0 Å². The highest BCUT2D eigenvalue weighted by atomic mass is 79.9. The van der Waals surface area contributed by atoms with Crippen LogP contribution in [0.15, 0.2) is 59.1 Å². The maximum Gasteiger partial charge on any atom is 0.310 e. The SMILES string of the molecule is CC(C)(C)O.COC(=O)Cc1c(C)c(OCc2ccccc2Br)cc(C)c1-c1ccc(C)cc1. The highest BCUT2D eigenvalue weighted by Gasteiger charge is 2.19. The van der Waals surface area contributed by atoms with E-state index in [1.807, 2.05) is 31.2 Å². The van der Waals surface area contributed by atoms with Gasteiger partial charge in [-0.2, -0.15) is 0 Å². The summed E-state index contributed by atoms with van der Waals surface area (Å²) in [5.41, 5.74) is 6.91. The van der Waals surface area contributed by atoms with Gasteiger partial charge in [-0.3, -0.25) is 4.79 Å². The van der Waals surface area contributed by atoms with Crippen molar-refractivity contribution in [2.75, 3.05) is 7.11 Å². The number of halogens is 1. The quantitative estimate of drug-likeness (QED) is 0.347. The Morgan fingerprint density at radius 1 is 1.00 bits per heavy atom. The normalized spacial score (nSPS) is 10.9. The van der Waals surface area contributed by atoms with Gasteiger partial charge in [0.1, 0.15) is 12.4 Å². The van der Waals surface area contributed by atoms with Gasteiger partial charge in [-0.15, -0.1) is 0 Å². The number of esters is 1. The highest BCUT2D eigenvalue weighted by molar-refractivity contribution is 9.10. The zero-order valence-corrected chi connectivity index (χ0v) is 22.7. The van der Waals surface area contributed by atoms with Crippen molar-refractivity contribution < 1.29 is 19.4 Å². The molecule has 3 aromatic carbocycles. The van der Waals surface area contributed by atoms with Crippen LogP contribution in [-0.2, 0) is 22.6 Å². The molecule has 4 nitrogen and oxygen atoms in total. The van der Waals surface area contributed by atoms with Crippen molar-refractivity contribution in [2.24, 2.45) is 0 Å². The number of hydrogen-bond donors (Lipinski definition) is 1. The van der Waals surface area contributed by atoms with E-state index in [-0.39, 0.29) is 12.4 Å². The van der Waals surface area contributed by atoms with Crippen LogP contribution in [0.4, 0.5) is 0 Å². The number of carbonyl (C=O) groups is 1. The van der Waals surface area contributed by atoms with Gasteiger partial charge in [0.15, 0.2) is 0 Å². The van der Waals surface area contributed by atoms with Crippen LogP contribution in [0.1, 0.15) is 48.6 Å². The predicted octanol–water partition coefficient (Wildman–Crippen LogP) is 7.11. The van der Waals surface area contributed by atoms with E-state index in [0.717, 1.165) is 43.6 Å². The maximum atomic E-state index is 12.1. The monoisotopic (exact) mass is 526 g/mol. The lowest BCUT2D eigenvalue weighted by Gasteiger charge is -2.20. The van der Waals surface area contributed by atoms with E-state index < -0.39 is 5.60 Å². The first-order valence-corrected chi connectivity index (χ1v) is 12.1. The topological polar surface area (TPSA) is 55.8 Å². The Labute approximate surface area is 212 Å². The Morgan fingerprint density at radius 2 is 1.59 bits per heavy atom. The summed E-state index contributed by atoms with van der Waals surface area (Å²) < 4.78 is 12.1. The molecule has 0 aliphatic rings. The van der Waals surface area contributed by atoms with Gasteiger partial charge in [0.2, 0.25) is 0 Å². The first-order chi connectivity index (χ1) is 15.9. The second-order valence-electron chi connectivity index (χ2n) is 9.34. The number of carbonyl (C=O) groups excluding carboxylic acids is 1. The summed E-state index contributed by atoms with van der Waals surface area (Å²) in [5, 5.41) is 8.52. The fourth-order valence-corrected chi connectivity index (χ4v) is 3.83. The number of hydrogen-bond acceptors (Lipinski definition) is 4. The molecule has 0 aliphatic heterocycles.